The second-order valence-electron chi connectivity index (χ2n) is 5.36. The molecule has 0 fully saturated rings. The van der Waals surface area contributed by atoms with Crippen molar-refractivity contribution in [1.82, 2.24) is 10.6 Å². The maximum atomic E-state index is 12.2. The lowest BCUT2D eigenvalue weighted by atomic mass is 10.3. The molecule has 0 bridgehead atoms. The number of aryl methyl sites for hydroxylation is 1. The van der Waals surface area contributed by atoms with Crippen LogP contribution in [-0.4, -0.2) is 33.7 Å². The van der Waals surface area contributed by atoms with Crippen molar-refractivity contribution < 1.29 is 8.42 Å². The lowest BCUT2D eigenvalue weighted by Gasteiger charge is -2.11. The third-order valence-electron chi connectivity index (χ3n) is 3.59. The van der Waals surface area contributed by atoms with Crippen LogP contribution in [0.1, 0.15) is 16.9 Å². The number of nitrogens with one attached hydrogen (secondary N) is 2. The SMILES string of the molecule is CN=C(NCCCS(=O)(=O)c1ccccc1)NCc1sccc1C. The van der Waals surface area contributed by atoms with Crippen LogP contribution < -0.4 is 10.6 Å². The van der Waals surface area contributed by atoms with Gasteiger partial charge in [0.05, 0.1) is 17.2 Å². The molecule has 0 aliphatic rings. The summed E-state index contributed by atoms with van der Waals surface area (Å²) in [6.45, 7) is 3.35. The Bertz CT molecular complexity index is 768. The average Bonchev–Trinajstić information content (AvgIpc) is 3.00. The number of benzene rings is 1. The van der Waals surface area contributed by atoms with E-state index >= 15 is 0 Å². The topological polar surface area (TPSA) is 70.6 Å². The van der Waals surface area contributed by atoms with Crippen LogP contribution in [0.2, 0.25) is 0 Å². The first kappa shape index (κ1) is 18.5. The molecule has 0 radical (unpaired) electrons. The lowest BCUT2D eigenvalue weighted by molar-refractivity contribution is 0.592. The summed E-state index contributed by atoms with van der Waals surface area (Å²) >= 11 is 1.71. The van der Waals surface area contributed by atoms with Crippen molar-refractivity contribution in [2.24, 2.45) is 4.99 Å². The van der Waals surface area contributed by atoms with Crippen LogP contribution in [-0.2, 0) is 16.4 Å². The molecule has 130 valence electrons. The number of hydrogen-bond acceptors (Lipinski definition) is 4. The first-order chi connectivity index (χ1) is 11.5. The number of guanidine groups is 1. The van der Waals surface area contributed by atoms with Crippen LogP contribution in [0, 0.1) is 6.92 Å². The van der Waals surface area contributed by atoms with Gasteiger partial charge in [-0.15, -0.1) is 11.3 Å². The van der Waals surface area contributed by atoms with Gasteiger partial charge in [-0.1, -0.05) is 18.2 Å². The molecule has 24 heavy (non-hydrogen) atoms. The minimum absolute atomic E-state index is 0.116. The Morgan fingerprint density at radius 1 is 1.17 bits per heavy atom. The largest absolute Gasteiger partial charge is 0.356 e. The number of sulfone groups is 1. The quantitative estimate of drug-likeness (QED) is 0.449. The summed E-state index contributed by atoms with van der Waals surface area (Å²) in [6, 6.07) is 10.6. The standard InChI is InChI=1S/C17H23N3O2S2/c1-14-9-11-23-16(14)13-20-17(18-2)19-10-6-12-24(21,22)15-7-4-3-5-8-15/h3-5,7-9,11H,6,10,12-13H2,1-2H3,(H2,18,19,20). The van der Waals surface area contributed by atoms with Crippen molar-refractivity contribution in [3.8, 4) is 0 Å². The van der Waals surface area contributed by atoms with Crippen molar-refractivity contribution >= 4 is 27.1 Å². The molecule has 1 aromatic carbocycles. The fourth-order valence-corrected chi connectivity index (χ4v) is 4.36. The molecule has 0 unspecified atom stereocenters. The third kappa shape index (κ3) is 5.35. The Morgan fingerprint density at radius 2 is 1.92 bits per heavy atom. The second kappa shape index (κ2) is 8.84. The first-order valence-corrected chi connectivity index (χ1v) is 10.3. The molecular weight excluding hydrogens is 342 g/mol. The predicted molar refractivity (Wildman–Crippen MR) is 100 cm³/mol. The van der Waals surface area contributed by atoms with E-state index in [0.717, 1.165) is 0 Å². The van der Waals surface area contributed by atoms with Gasteiger partial charge in [-0.05, 0) is 42.5 Å². The van der Waals surface area contributed by atoms with E-state index in [-0.39, 0.29) is 5.75 Å². The van der Waals surface area contributed by atoms with Gasteiger partial charge in [-0.2, -0.15) is 0 Å². The normalized spacial score (nSPS) is 12.2. The highest BCUT2D eigenvalue weighted by Crippen LogP contribution is 2.14. The van der Waals surface area contributed by atoms with Crippen molar-refractivity contribution in [2.45, 2.75) is 24.8 Å². The van der Waals surface area contributed by atoms with E-state index in [9.17, 15) is 8.42 Å². The molecule has 2 aromatic rings. The van der Waals surface area contributed by atoms with E-state index in [2.05, 4.69) is 34.0 Å². The highest BCUT2D eigenvalue weighted by molar-refractivity contribution is 7.91. The van der Waals surface area contributed by atoms with Crippen LogP contribution in [0.15, 0.2) is 51.7 Å². The molecule has 1 aromatic heterocycles. The first-order valence-electron chi connectivity index (χ1n) is 7.78. The van der Waals surface area contributed by atoms with Crippen molar-refractivity contribution in [3.63, 3.8) is 0 Å². The minimum Gasteiger partial charge on any atom is -0.356 e. The minimum atomic E-state index is -3.22. The van der Waals surface area contributed by atoms with E-state index in [1.165, 1.54) is 10.4 Å². The van der Waals surface area contributed by atoms with Gasteiger partial charge in [0.25, 0.3) is 0 Å². The summed E-state index contributed by atoms with van der Waals surface area (Å²) in [7, 11) is -1.51. The van der Waals surface area contributed by atoms with Gasteiger partial charge in [0.2, 0.25) is 0 Å². The maximum Gasteiger partial charge on any atom is 0.191 e. The highest BCUT2D eigenvalue weighted by atomic mass is 32.2. The molecule has 0 atom stereocenters. The molecule has 7 heteroatoms. The van der Waals surface area contributed by atoms with Crippen LogP contribution in [0.3, 0.4) is 0 Å². The lowest BCUT2D eigenvalue weighted by Crippen LogP contribution is -2.37. The Balaban J connectivity index is 1.75. The van der Waals surface area contributed by atoms with E-state index < -0.39 is 9.84 Å². The van der Waals surface area contributed by atoms with Gasteiger partial charge in [0, 0.05) is 18.5 Å². The van der Waals surface area contributed by atoms with Crippen molar-refractivity contribution in [1.29, 1.82) is 0 Å². The molecule has 1 heterocycles. The van der Waals surface area contributed by atoms with Gasteiger partial charge in [0.15, 0.2) is 15.8 Å². The fraction of sp³-hybridized carbons (Fsp3) is 0.353. The van der Waals surface area contributed by atoms with Gasteiger partial charge in [-0.3, -0.25) is 4.99 Å². The Labute approximate surface area is 147 Å². The van der Waals surface area contributed by atoms with Gasteiger partial charge < -0.3 is 10.6 Å². The zero-order valence-electron chi connectivity index (χ0n) is 14.0. The van der Waals surface area contributed by atoms with E-state index in [0.29, 0.717) is 30.4 Å². The van der Waals surface area contributed by atoms with Crippen LogP contribution in [0.25, 0.3) is 0 Å². The predicted octanol–water partition coefficient (Wildman–Crippen LogP) is 2.59. The smallest absolute Gasteiger partial charge is 0.191 e. The molecule has 0 aliphatic heterocycles. The van der Waals surface area contributed by atoms with E-state index in [1.54, 1.807) is 42.6 Å². The molecule has 0 saturated heterocycles. The molecule has 5 nitrogen and oxygen atoms in total. The summed E-state index contributed by atoms with van der Waals surface area (Å²) in [6.07, 6.45) is 0.524. The zero-order chi connectivity index (χ0) is 17.4. The zero-order valence-corrected chi connectivity index (χ0v) is 15.6. The van der Waals surface area contributed by atoms with Crippen LogP contribution in [0.5, 0.6) is 0 Å². The molecule has 2 rings (SSSR count). The Hall–Kier alpha value is -1.86. The average molecular weight is 366 g/mol. The Kier molecular flexibility index (Phi) is 6.81. The summed E-state index contributed by atoms with van der Waals surface area (Å²) in [5.41, 5.74) is 1.26. The summed E-state index contributed by atoms with van der Waals surface area (Å²) < 4.78 is 24.4. The van der Waals surface area contributed by atoms with Gasteiger partial charge in [-0.25, -0.2) is 8.42 Å². The third-order valence-corrected chi connectivity index (χ3v) is 6.43. The Morgan fingerprint density at radius 3 is 2.54 bits per heavy atom. The molecule has 0 aliphatic carbocycles. The molecular formula is C17H23N3O2S2. The number of aliphatic imine (C=N–C) groups is 1. The summed E-state index contributed by atoms with van der Waals surface area (Å²) in [5.74, 6) is 0.797. The fourth-order valence-electron chi connectivity index (χ4n) is 2.18. The number of hydrogen-bond donors (Lipinski definition) is 2. The van der Waals surface area contributed by atoms with E-state index in [4.69, 9.17) is 0 Å². The van der Waals surface area contributed by atoms with Crippen LogP contribution >= 0.6 is 11.3 Å². The van der Waals surface area contributed by atoms with Crippen LogP contribution in [0.4, 0.5) is 0 Å². The monoisotopic (exact) mass is 365 g/mol. The van der Waals surface area contributed by atoms with E-state index in [1.807, 2.05) is 6.07 Å². The number of thiophene rings is 1. The summed E-state index contributed by atoms with van der Waals surface area (Å²) in [4.78, 5) is 5.80. The van der Waals surface area contributed by atoms with Gasteiger partial charge in [0.1, 0.15) is 0 Å². The molecule has 0 saturated carbocycles. The van der Waals surface area contributed by atoms with Gasteiger partial charge >= 0.3 is 0 Å². The maximum absolute atomic E-state index is 12.2. The van der Waals surface area contributed by atoms with Crippen molar-refractivity contribution in [2.75, 3.05) is 19.3 Å². The molecule has 2 N–H and O–H groups in total. The second-order valence-corrected chi connectivity index (χ2v) is 8.47. The highest BCUT2D eigenvalue weighted by Gasteiger charge is 2.13. The summed E-state index contributed by atoms with van der Waals surface area (Å²) in [5, 5.41) is 8.46. The number of rotatable bonds is 7. The van der Waals surface area contributed by atoms with Crippen molar-refractivity contribution in [3.05, 3.63) is 52.2 Å². The molecule has 0 amide bonds. The number of nitrogens with zero attached hydrogens (tertiary/aromatic N) is 1. The molecule has 0 spiro atoms.